The number of primary sulfonamides is 1. The van der Waals surface area contributed by atoms with Gasteiger partial charge in [0.25, 0.3) is 0 Å². The van der Waals surface area contributed by atoms with Gasteiger partial charge >= 0.3 is 0 Å². The first-order valence-corrected chi connectivity index (χ1v) is 6.75. The zero-order chi connectivity index (χ0) is 13.2. The van der Waals surface area contributed by atoms with Gasteiger partial charge < -0.3 is 5.32 Å². The quantitative estimate of drug-likeness (QED) is 0.890. The Labute approximate surface area is 109 Å². The highest BCUT2D eigenvalue weighted by atomic mass is 35.5. The summed E-state index contributed by atoms with van der Waals surface area (Å²) >= 11 is 5.83. The van der Waals surface area contributed by atoms with Crippen molar-refractivity contribution in [3.63, 3.8) is 0 Å². The van der Waals surface area contributed by atoms with Crippen LogP contribution in [0.3, 0.4) is 0 Å². The maximum Gasteiger partial charge on any atom is 0.238 e. The lowest BCUT2D eigenvalue weighted by Gasteiger charge is -2.06. The van der Waals surface area contributed by atoms with Gasteiger partial charge in [-0.3, -0.25) is 0 Å². The van der Waals surface area contributed by atoms with Crippen molar-refractivity contribution in [3.05, 3.63) is 41.8 Å². The van der Waals surface area contributed by atoms with Crippen molar-refractivity contribution in [1.82, 2.24) is 9.97 Å². The summed E-state index contributed by atoms with van der Waals surface area (Å²) in [6, 6.07) is 5.90. The number of rotatable bonds is 3. The van der Waals surface area contributed by atoms with E-state index in [9.17, 15) is 8.42 Å². The largest absolute Gasteiger partial charge is 0.338 e. The number of benzene rings is 1. The van der Waals surface area contributed by atoms with E-state index in [2.05, 4.69) is 15.3 Å². The second-order valence-electron chi connectivity index (χ2n) is 3.39. The van der Waals surface area contributed by atoms with Crippen LogP contribution in [0.2, 0.25) is 5.15 Å². The third-order valence-corrected chi connectivity index (χ3v) is 3.31. The number of aromatic nitrogens is 2. The third-order valence-electron chi connectivity index (χ3n) is 2.10. The molecule has 1 aromatic carbocycles. The molecule has 0 aliphatic carbocycles. The summed E-state index contributed by atoms with van der Waals surface area (Å²) in [4.78, 5) is 7.89. The lowest BCUT2D eigenvalue weighted by atomic mass is 10.3. The molecule has 0 spiro atoms. The van der Waals surface area contributed by atoms with Crippen LogP contribution in [-0.4, -0.2) is 18.4 Å². The van der Waals surface area contributed by atoms with Crippen molar-refractivity contribution in [3.8, 4) is 0 Å². The topological polar surface area (TPSA) is 98.0 Å². The molecule has 0 amide bonds. The van der Waals surface area contributed by atoms with Gasteiger partial charge in [0.15, 0.2) is 11.0 Å². The van der Waals surface area contributed by atoms with Crippen LogP contribution in [0, 0.1) is 0 Å². The number of hydrogen-bond acceptors (Lipinski definition) is 5. The minimum absolute atomic E-state index is 0.0401. The number of nitrogens with zero attached hydrogens (tertiary/aromatic N) is 2. The smallest absolute Gasteiger partial charge is 0.238 e. The van der Waals surface area contributed by atoms with Gasteiger partial charge in [0.1, 0.15) is 0 Å². The number of nitrogens with one attached hydrogen (secondary N) is 1. The monoisotopic (exact) mass is 284 g/mol. The van der Waals surface area contributed by atoms with Gasteiger partial charge in [0, 0.05) is 18.1 Å². The molecule has 0 aliphatic heterocycles. The van der Waals surface area contributed by atoms with Crippen molar-refractivity contribution >= 4 is 33.1 Å². The van der Waals surface area contributed by atoms with Crippen LogP contribution in [0.5, 0.6) is 0 Å². The first-order valence-electron chi connectivity index (χ1n) is 4.83. The standard InChI is InChI=1S/C10H9ClN4O2S/c11-9-10(14-6-5-13-9)15-7-1-3-8(4-2-7)18(12,16)17/h1-6H,(H,14,15)(H2,12,16,17). The van der Waals surface area contributed by atoms with E-state index in [0.717, 1.165) is 0 Å². The van der Waals surface area contributed by atoms with Gasteiger partial charge in [-0.15, -0.1) is 0 Å². The number of sulfonamides is 1. The highest BCUT2D eigenvalue weighted by Gasteiger charge is 2.07. The van der Waals surface area contributed by atoms with E-state index in [1.165, 1.54) is 24.5 Å². The molecule has 0 radical (unpaired) electrons. The van der Waals surface area contributed by atoms with E-state index in [4.69, 9.17) is 16.7 Å². The van der Waals surface area contributed by atoms with E-state index in [1.54, 1.807) is 12.1 Å². The summed E-state index contributed by atoms with van der Waals surface area (Å²) in [5, 5.41) is 8.13. The summed E-state index contributed by atoms with van der Waals surface area (Å²) in [6.07, 6.45) is 2.96. The number of halogens is 1. The van der Waals surface area contributed by atoms with E-state index in [0.29, 0.717) is 11.5 Å². The number of anilines is 2. The minimum atomic E-state index is -3.68. The Balaban J connectivity index is 2.24. The minimum Gasteiger partial charge on any atom is -0.338 e. The average molecular weight is 285 g/mol. The summed E-state index contributed by atoms with van der Waals surface area (Å²) in [6.45, 7) is 0. The van der Waals surface area contributed by atoms with Crippen LogP contribution in [0.4, 0.5) is 11.5 Å². The lowest BCUT2D eigenvalue weighted by Crippen LogP contribution is -2.11. The van der Waals surface area contributed by atoms with Gasteiger partial charge in [0.05, 0.1) is 4.90 Å². The Hall–Kier alpha value is -1.70. The predicted octanol–water partition coefficient (Wildman–Crippen LogP) is 1.52. The van der Waals surface area contributed by atoms with Crippen LogP contribution in [-0.2, 0) is 10.0 Å². The molecule has 0 saturated carbocycles. The first kappa shape index (κ1) is 12.7. The van der Waals surface area contributed by atoms with Gasteiger partial charge in [0.2, 0.25) is 10.0 Å². The van der Waals surface area contributed by atoms with Crippen molar-refractivity contribution in [2.75, 3.05) is 5.32 Å². The van der Waals surface area contributed by atoms with Crippen molar-refractivity contribution < 1.29 is 8.42 Å². The van der Waals surface area contributed by atoms with Crippen LogP contribution < -0.4 is 10.5 Å². The second kappa shape index (κ2) is 4.89. The summed E-state index contributed by atoms with van der Waals surface area (Å²) in [5.41, 5.74) is 0.629. The lowest BCUT2D eigenvalue weighted by molar-refractivity contribution is 0.598. The number of hydrogen-bond donors (Lipinski definition) is 2. The molecule has 1 aromatic heterocycles. The van der Waals surface area contributed by atoms with Crippen molar-refractivity contribution in [2.24, 2.45) is 5.14 Å². The SMILES string of the molecule is NS(=O)(=O)c1ccc(Nc2nccnc2Cl)cc1. The fourth-order valence-electron chi connectivity index (χ4n) is 1.27. The molecule has 0 fully saturated rings. The molecule has 0 aliphatic rings. The molecule has 8 heteroatoms. The highest BCUT2D eigenvalue weighted by Crippen LogP contribution is 2.21. The summed E-state index contributed by atoms with van der Waals surface area (Å²) in [5.74, 6) is 0.391. The molecule has 94 valence electrons. The predicted molar refractivity (Wildman–Crippen MR) is 68.1 cm³/mol. The van der Waals surface area contributed by atoms with Gasteiger partial charge in [-0.1, -0.05) is 11.6 Å². The molecule has 0 unspecified atom stereocenters. The Kier molecular flexibility index (Phi) is 3.46. The molecule has 3 N–H and O–H groups in total. The zero-order valence-corrected chi connectivity index (χ0v) is 10.6. The van der Waals surface area contributed by atoms with Gasteiger partial charge in [-0.2, -0.15) is 0 Å². The third kappa shape index (κ3) is 2.95. The maximum atomic E-state index is 11.1. The maximum absolute atomic E-state index is 11.1. The molecule has 0 saturated heterocycles. The zero-order valence-electron chi connectivity index (χ0n) is 9.04. The van der Waals surface area contributed by atoms with E-state index in [1.807, 2.05) is 0 Å². The molecular formula is C10H9ClN4O2S. The Morgan fingerprint density at radius 2 is 1.72 bits per heavy atom. The van der Waals surface area contributed by atoms with E-state index in [-0.39, 0.29) is 10.0 Å². The summed E-state index contributed by atoms with van der Waals surface area (Å²) in [7, 11) is -3.68. The van der Waals surface area contributed by atoms with Crippen molar-refractivity contribution in [1.29, 1.82) is 0 Å². The molecule has 1 heterocycles. The molecular weight excluding hydrogens is 276 g/mol. The fraction of sp³-hybridized carbons (Fsp3) is 0. The fourth-order valence-corrected chi connectivity index (χ4v) is 1.94. The molecule has 0 bridgehead atoms. The highest BCUT2D eigenvalue weighted by molar-refractivity contribution is 7.89. The van der Waals surface area contributed by atoms with E-state index >= 15 is 0 Å². The van der Waals surface area contributed by atoms with Gasteiger partial charge in [-0.05, 0) is 24.3 Å². The first-order chi connectivity index (χ1) is 8.47. The molecule has 6 nitrogen and oxygen atoms in total. The van der Waals surface area contributed by atoms with Crippen molar-refractivity contribution in [2.45, 2.75) is 4.90 Å². The number of nitrogens with two attached hydrogens (primary N) is 1. The van der Waals surface area contributed by atoms with Crippen LogP contribution in [0.1, 0.15) is 0 Å². The van der Waals surface area contributed by atoms with Gasteiger partial charge in [-0.25, -0.2) is 23.5 Å². The normalized spacial score (nSPS) is 11.2. The molecule has 18 heavy (non-hydrogen) atoms. The average Bonchev–Trinajstić information content (AvgIpc) is 2.32. The Morgan fingerprint density at radius 1 is 1.11 bits per heavy atom. The summed E-state index contributed by atoms with van der Waals surface area (Å²) < 4.78 is 22.1. The molecule has 2 aromatic rings. The van der Waals surface area contributed by atoms with Crippen LogP contribution >= 0.6 is 11.6 Å². The molecule has 2 rings (SSSR count). The Bertz CT molecular complexity index is 658. The molecule has 0 atom stereocenters. The Morgan fingerprint density at radius 3 is 2.28 bits per heavy atom. The van der Waals surface area contributed by atoms with Crippen LogP contribution in [0.25, 0.3) is 0 Å². The van der Waals surface area contributed by atoms with E-state index < -0.39 is 10.0 Å². The van der Waals surface area contributed by atoms with Crippen LogP contribution in [0.15, 0.2) is 41.6 Å². The second-order valence-corrected chi connectivity index (χ2v) is 5.31.